The molecule has 1 saturated heterocycles. The molecular weight excluding hydrogens is 154 g/mol. The van der Waals surface area contributed by atoms with Gasteiger partial charge in [0.15, 0.2) is 0 Å². The smallest absolute Gasteiger partial charge is 0.253 e. The Bertz CT molecular complexity index is 293. The SMILES string of the molecule is C=CC(=O)N1C(=O)[C@H]2C=C[C@@H]1C2. The monoisotopic (exact) mass is 163 g/mol. The van der Waals surface area contributed by atoms with Crippen molar-refractivity contribution in [2.75, 3.05) is 0 Å². The number of nitrogens with zero attached hydrogens (tertiary/aromatic N) is 1. The topological polar surface area (TPSA) is 37.4 Å². The fraction of sp³-hybridized carbons (Fsp3) is 0.333. The molecule has 0 unspecified atom stereocenters. The third-order valence-corrected chi connectivity index (χ3v) is 2.36. The Labute approximate surface area is 70.4 Å². The molecule has 3 heteroatoms. The van der Waals surface area contributed by atoms with Crippen molar-refractivity contribution in [1.29, 1.82) is 0 Å². The lowest BCUT2D eigenvalue weighted by molar-refractivity contribution is -0.141. The third kappa shape index (κ3) is 0.763. The highest BCUT2D eigenvalue weighted by Gasteiger charge is 2.43. The van der Waals surface area contributed by atoms with Gasteiger partial charge in [-0.3, -0.25) is 14.5 Å². The van der Waals surface area contributed by atoms with Gasteiger partial charge in [0.1, 0.15) is 0 Å². The summed E-state index contributed by atoms with van der Waals surface area (Å²) in [4.78, 5) is 23.8. The number of hydrogen-bond acceptors (Lipinski definition) is 2. The highest BCUT2D eigenvalue weighted by molar-refractivity contribution is 6.04. The Kier molecular flexibility index (Phi) is 1.40. The number of carbonyl (C=O) groups is 2. The van der Waals surface area contributed by atoms with Gasteiger partial charge in [0.25, 0.3) is 5.91 Å². The van der Waals surface area contributed by atoms with Gasteiger partial charge in [0.05, 0.1) is 12.0 Å². The van der Waals surface area contributed by atoms with Gasteiger partial charge in [-0.25, -0.2) is 0 Å². The normalized spacial score (nSPS) is 31.3. The summed E-state index contributed by atoms with van der Waals surface area (Å²) >= 11 is 0. The van der Waals surface area contributed by atoms with Crippen molar-refractivity contribution in [2.45, 2.75) is 12.5 Å². The van der Waals surface area contributed by atoms with Crippen LogP contribution in [0.3, 0.4) is 0 Å². The third-order valence-electron chi connectivity index (χ3n) is 2.36. The quantitative estimate of drug-likeness (QED) is 0.416. The summed E-state index contributed by atoms with van der Waals surface area (Å²) in [6.45, 7) is 3.36. The number of fused-ring (bicyclic) bond motifs is 2. The van der Waals surface area contributed by atoms with Crippen molar-refractivity contribution < 1.29 is 9.59 Å². The summed E-state index contributed by atoms with van der Waals surface area (Å²) in [5.41, 5.74) is 0. The van der Waals surface area contributed by atoms with E-state index < -0.39 is 0 Å². The maximum Gasteiger partial charge on any atom is 0.253 e. The van der Waals surface area contributed by atoms with Gasteiger partial charge in [-0.1, -0.05) is 18.7 Å². The maximum absolute atomic E-state index is 11.4. The molecule has 0 saturated carbocycles. The van der Waals surface area contributed by atoms with Crippen LogP contribution in [0.2, 0.25) is 0 Å². The van der Waals surface area contributed by atoms with Crippen LogP contribution >= 0.6 is 0 Å². The molecule has 2 aliphatic rings. The highest BCUT2D eigenvalue weighted by Crippen LogP contribution is 2.32. The molecule has 2 rings (SSSR count). The van der Waals surface area contributed by atoms with Gasteiger partial charge in [-0.05, 0) is 12.5 Å². The van der Waals surface area contributed by atoms with E-state index in [4.69, 9.17) is 0 Å². The van der Waals surface area contributed by atoms with Crippen molar-refractivity contribution in [3.63, 3.8) is 0 Å². The van der Waals surface area contributed by atoms with Crippen LogP contribution in [0.5, 0.6) is 0 Å². The second-order valence-electron chi connectivity index (χ2n) is 3.05. The van der Waals surface area contributed by atoms with Gasteiger partial charge in [-0.15, -0.1) is 0 Å². The Balaban J connectivity index is 2.29. The molecule has 62 valence electrons. The second-order valence-corrected chi connectivity index (χ2v) is 3.05. The molecule has 1 fully saturated rings. The summed E-state index contributed by atoms with van der Waals surface area (Å²) in [6, 6.07) is -0.00648. The van der Waals surface area contributed by atoms with Gasteiger partial charge < -0.3 is 0 Å². The van der Waals surface area contributed by atoms with E-state index >= 15 is 0 Å². The minimum Gasteiger partial charge on any atom is -0.274 e. The molecule has 1 heterocycles. The molecule has 0 radical (unpaired) electrons. The van der Waals surface area contributed by atoms with E-state index in [0.29, 0.717) is 0 Å². The Morgan fingerprint density at radius 3 is 2.92 bits per heavy atom. The van der Waals surface area contributed by atoms with Gasteiger partial charge >= 0.3 is 0 Å². The fourth-order valence-corrected chi connectivity index (χ4v) is 1.77. The van der Waals surface area contributed by atoms with Crippen LogP contribution in [0.15, 0.2) is 24.8 Å². The predicted octanol–water partition coefficient (Wildman–Crippen LogP) is 0.486. The molecule has 1 aliphatic heterocycles. The van der Waals surface area contributed by atoms with E-state index in [1.54, 1.807) is 0 Å². The molecule has 1 aliphatic carbocycles. The summed E-state index contributed by atoms with van der Waals surface area (Å²) < 4.78 is 0. The minimum absolute atomic E-state index is 0.00648. The first-order valence-corrected chi connectivity index (χ1v) is 3.92. The number of hydrogen-bond donors (Lipinski definition) is 0. The first-order valence-electron chi connectivity index (χ1n) is 3.92. The number of rotatable bonds is 1. The zero-order valence-electron chi connectivity index (χ0n) is 6.56. The molecule has 2 amide bonds. The predicted molar refractivity (Wildman–Crippen MR) is 43.1 cm³/mol. The summed E-state index contributed by atoms with van der Waals surface area (Å²) in [5, 5.41) is 0. The van der Waals surface area contributed by atoms with Crippen LogP contribution in [0.4, 0.5) is 0 Å². The zero-order valence-corrected chi connectivity index (χ0v) is 6.56. The number of carbonyl (C=O) groups excluding carboxylic acids is 2. The Morgan fingerprint density at radius 2 is 2.42 bits per heavy atom. The lowest BCUT2D eigenvalue weighted by atomic mass is 10.1. The van der Waals surface area contributed by atoms with Crippen LogP contribution in [-0.2, 0) is 9.59 Å². The van der Waals surface area contributed by atoms with E-state index in [1.807, 2.05) is 12.2 Å². The molecule has 0 spiro atoms. The van der Waals surface area contributed by atoms with Crippen LogP contribution in [0.25, 0.3) is 0 Å². The first-order chi connectivity index (χ1) is 5.74. The average molecular weight is 163 g/mol. The van der Waals surface area contributed by atoms with Crippen molar-refractivity contribution in [1.82, 2.24) is 4.90 Å². The number of amides is 2. The van der Waals surface area contributed by atoms with E-state index in [9.17, 15) is 9.59 Å². The molecule has 0 aromatic rings. The van der Waals surface area contributed by atoms with Gasteiger partial charge in [0.2, 0.25) is 5.91 Å². The van der Waals surface area contributed by atoms with Gasteiger partial charge in [-0.2, -0.15) is 0 Å². The zero-order chi connectivity index (χ0) is 8.72. The summed E-state index contributed by atoms with van der Waals surface area (Å²) in [6.07, 6.45) is 5.73. The lowest BCUT2D eigenvalue weighted by Gasteiger charge is -2.19. The molecule has 12 heavy (non-hydrogen) atoms. The van der Waals surface area contributed by atoms with E-state index in [1.165, 1.54) is 11.0 Å². The largest absolute Gasteiger partial charge is 0.274 e. The van der Waals surface area contributed by atoms with E-state index in [0.717, 1.165) is 6.42 Å². The maximum atomic E-state index is 11.4. The standard InChI is InChI=1S/C9H9NO2/c1-2-8(11)10-7-4-3-6(5-7)9(10)12/h2-4,6-7H,1,5H2/t6-,7+/m0/s1. The average Bonchev–Trinajstić information content (AvgIpc) is 2.63. The van der Waals surface area contributed by atoms with Crippen LogP contribution in [0, 0.1) is 5.92 Å². The minimum atomic E-state index is -0.281. The van der Waals surface area contributed by atoms with Crippen molar-refractivity contribution in [3.8, 4) is 0 Å². The molecule has 2 atom stereocenters. The highest BCUT2D eigenvalue weighted by atomic mass is 16.2. The fourth-order valence-electron chi connectivity index (χ4n) is 1.77. The molecular formula is C9H9NO2. The summed E-state index contributed by atoms with van der Waals surface area (Å²) in [5.74, 6) is -0.414. The Morgan fingerprint density at radius 1 is 1.67 bits per heavy atom. The molecule has 0 N–H and O–H groups in total. The van der Waals surface area contributed by atoms with Crippen LogP contribution in [-0.4, -0.2) is 22.8 Å². The first kappa shape index (κ1) is 7.28. The lowest BCUT2D eigenvalue weighted by Crippen LogP contribution is -2.38. The van der Waals surface area contributed by atoms with Crippen molar-refractivity contribution >= 4 is 11.8 Å². The number of imide groups is 1. The van der Waals surface area contributed by atoms with Crippen molar-refractivity contribution in [3.05, 3.63) is 24.8 Å². The molecule has 3 nitrogen and oxygen atoms in total. The second kappa shape index (κ2) is 2.30. The summed E-state index contributed by atoms with van der Waals surface area (Å²) in [7, 11) is 0. The molecule has 0 aromatic carbocycles. The number of likely N-dealkylation sites (tertiary alicyclic amines) is 1. The van der Waals surface area contributed by atoms with Crippen LogP contribution < -0.4 is 0 Å². The molecule has 2 bridgehead atoms. The van der Waals surface area contributed by atoms with Crippen LogP contribution in [0.1, 0.15) is 6.42 Å². The van der Waals surface area contributed by atoms with Crippen molar-refractivity contribution in [2.24, 2.45) is 5.92 Å². The van der Waals surface area contributed by atoms with E-state index in [2.05, 4.69) is 6.58 Å². The Hall–Kier alpha value is -1.38. The molecule has 0 aromatic heterocycles. The van der Waals surface area contributed by atoms with Gasteiger partial charge in [0, 0.05) is 0 Å². The van der Waals surface area contributed by atoms with E-state index in [-0.39, 0.29) is 23.8 Å².